The van der Waals surface area contributed by atoms with Crippen LogP contribution in [0.2, 0.25) is 0 Å². The maximum absolute atomic E-state index is 8.82. The second-order valence-corrected chi connectivity index (χ2v) is 3.98. The second kappa shape index (κ2) is 5.01. The average Bonchev–Trinajstić information content (AvgIpc) is 2.79. The summed E-state index contributed by atoms with van der Waals surface area (Å²) in [5.41, 5.74) is 3.09. The summed E-state index contributed by atoms with van der Waals surface area (Å²) in [6.07, 6.45) is 3.30. The Morgan fingerprint density at radius 1 is 1.11 bits per heavy atom. The Bertz CT molecular complexity index is 541. The molecule has 0 saturated heterocycles. The number of aryl methyl sites for hydroxylation is 1. The molecule has 0 spiro atoms. The smallest absolute Gasteiger partial charge is 0.203 e. The molecule has 1 aliphatic rings. The van der Waals surface area contributed by atoms with Crippen LogP contribution >= 0.6 is 0 Å². The van der Waals surface area contributed by atoms with Crippen molar-refractivity contribution in [2.24, 2.45) is 0 Å². The first kappa shape index (κ1) is 12.3. The standard InChI is InChI=1S/C14H15NO3/c1-16-11-8-10-5-4-9(6-7-15)12(10)14(18-3)13(11)17-2/h6,8H,4-5H2,1-3H3. The van der Waals surface area contributed by atoms with Gasteiger partial charge in [0.2, 0.25) is 5.75 Å². The highest BCUT2D eigenvalue weighted by Gasteiger charge is 2.26. The predicted molar refractivity (Wildman–Crippen MR) is 68.0 cm³/mol. The van der Waals surface area contributed by atoms with Gasteiger partial charge in [0.15, 0.2) is 11.5 Å². The van der Waals surface area contributed by atoms with Crippen molar-refractivity contribution in [3.8, 4) is 23.3 Å². The molecule has 0 unspecified atom stereocenters. The van der Waals surface area contributed by atoms with E-state index in [1.807, 2.05) is 6.07 Å². The van der Waals surface area contributed by atoms with E-state index in [9.17, 15) is 0 Å². The molecule has 0 radical (unpaired) electrons. The zero-order valence-electron chi connectivity index (χ0n) is 10.7. The molecule has 0 saturated carbocycles. The lowest BCUT2D eigenvalue weighted by molar-refractivity contribution is 0.323. The molecule has 1 aliphatic carbocycles. The van der Waals surface area contributed by atoms with Crippen LogP contribution in [0.4, 0.5) is 0 Å². The summed E-state index contributed by atoms with van der Waals surface area (Å²) < 4.78 is 16.1. The summed E-state index contributed by atoms with van der Waals surface area (Å²) >= 11 is 0. The average molecular weight is 245 g/mol. The number of rotatable bonds is 3. The number of fused-ring (bicyclic) bond motifs is 1. The maximum atomic E-state index is 8.82. The summed E-state index contributed by atoms with van der Waals surface area (Å²) in [7, 11) is 4.78. The van der Waals surface area contributed by atoms with E-state index in [1.54, 1.807) is 27.4 Å². The number of nitriles is 1. The molecule has 4 heteroatoms. The van der Waals surface area contributed by atoms with Crippen molar-refractivity contribution in [2.75, 3.05) is 21.3 Å². The van der Waals surface area contributed by atoms with Crippen LogP contribution in [-0.4, -0.2) is 21.3 Å². The monoisotopic (exact) mass is 245 g/mol. The minimum absolute atomic E-state index is 0.574. The van der Waals surface area contributed by atoms with Gasteiger partial charge in [-0.15, -0.1) is 0 Å². The largest absolute Gasteiger partial charge is 0.493 e. The first-order valence-electron chi connectivity index (χ1n) is 5.67. The number of methoxy groups -OCH3 is 3. The third-order valence-electron chi connectivity index (χ3n) is 3.14. The zero-order valence-corrected chi connectivity index (χ0v) is 10.7. The lowest BCUT2D eigenvalue weighted by Gasteiger charge is -2.16. The van der Waals surface area contributed by atoms with Crippen LogP contribution in [0.5, 0.6) is 17.2 Å². The quantitative estimate of drug-likeness (QED) is 0.768. The topological polar surface area (TPSA) is 51.5 Å². The zero-order chi connectivity index (χ0) is 13.1. The van der Waals surface area contributed by atoms with Crippen LogP contribution in [0.25, 0.3) is 5.57 Å². The number of hydrogen-bond donors (Lipinski definition) is 0. The van der Waals surface area contributed by atoms with E-state index in [-0.39, 0.29) is 0 Å². The summed E-state index contributed by atoms with van der Waals surface area (Å²) in [4.78, 5) is 0. The highest BCUT2D eigenvalue weighted by Crippen LogP contribution is 2.48. The third kappa shape index (κ3) is 1.78. The molecular formula is C14H15NO3. The molecule has 0 aromatic heterocycles. The van der Waals surface area contributed by atoms with Gasteiger partial charge in [-0.05, 0) is 30.0 Å². The molecule has 1 aromatic rings. The maximum Gasteiger partial charge on any atom is 0.203 e. The molecular weight excluding hydrogens is 230 g/mol. The molecule has 18 heavy (non-hydrogen) atoms. The molecule has 0 fully saturated rings. The Kier molecular flexibility index (Phi) is 3.42. The van der Waals surface area contributed by atoms with Gasteiger partial charge in [-0.3, -0.25) is 0 Å². The number of hydrogen-bond acceptors (Lipinski definition) is 4. The Morgan fingerprint density at radius 3 is 2.39 bits per heavy atom. The van der Waals surface area contributed by atoms with Gasteiger partial charge in [-0.2, -0.15) is 5.26 Å². The van der Waals surface area contributed by atoms with Crippen molar-refractivity contribution in [3.63, 3.8) is 0 Å². The summed E-state index contributed by atoms with van der Waals surface area (Å²) in [5, 5.41) is 8.82. The van der Waals surface area contributed by atoms with Gasteiger partial charge in [0, 0.05) is 11.6 Å². The lowest BCUT2D eigenvalue weighted by atomic mass is 10.0. The van der Waals surface area contributed by atoms with Crippen molar-refractivity contribution in [1.82, 2.24) is 0 Å². The van der Waals surface area contributed by atoms with Crippen LogP contribution in [0, 0.1) is 11.3 Å². The fourth-order valence-corrected chi connectivity index (χ4v) is 2.37. The van der Waals surface area contributed by atoms with Crippen molar-refractivity contribution in [1.29, 1.82) is 5.26 Å². The van der Waals surface area contributed by atoms with E-state index in [1.165, 1.54) is 0 Å². The SMILES string of the molecule is COc1cc2c(c(OC)c1OC)C(=CC#N)CC2. The van der Waals surface area contributed by atoms with Crippen molar-refractivity contribution in [2.45, 2.75) is 12.8 Å². The van der Waals surface area contributed by atoms with Gasteiger partial charge in [-0.1, -0.05) is 0 Å². The molecule has 0 N–H and O–H groups in total. The fraction of sp³-hybridized carbons (Fsp3) is 0.357. The van der Waals surface area contributed by atoms with Gasteiger partial charge in [-0.25, -0.2) is 0 Å². The molecule has 94 valence electrons. The van der Waals surface area contributed by atoms with E-state index in [0.29, 0.717) is 17.2 Å². The molecule has 0 atom stereocenters. The molecule has 1 aromatic carbocycles. The molecule has 0 heterocycles. The summed E-state index contributed by atoms with van der Waals surface area (Å²) in [6, 6.07) is 4.03. The van der Waals surface area contributed by atoms with Crippen LogP contribution in [-0.2, 0) is 6.42 Å². The van der Waals surface area contributed by atoms with Crippen LogP contribution in [0.15, 0.2) is 12.1 Å². The lowest BCUT2D eigenvalue weighted by Crippen LogP contribution is -1.99. The number of ether oxygens (including phenoxy) is 3. The molecule has 4 nitrogen and oxygen atoms in total. The van der Waals surface area contributed by atoms with Gasteiger partial charge in [0.25, 0.3) is 0 Å². The first-order chi connectivity index (χ1) is 8.76. The Morgan fingerprint density at radius 2 is 1.83 bits per heavy atom. The van der Waals surface area contributed by atoms with Crippen LogP contribution in [0.3, 0.4) is 0 Å². The van der Waals surface area contributed by atoms with E-state index in [2.05, 4.69) is 6.07 Å². The minimum Gasteiger partial charge on any atom is -0.493 e. The van der Waals surface area contributed by atoms with Gasteiger partial charge in [0.05, 0.1) is 27.4 Å². The Hall–Kier alpha value is -2.15. The molecule has 2 rings (SSSR count). The first-order valence-corrected chi connectivity index (χ1v) is 5.67. The van der Waals surface area contributed by atoms with E-state index >= 15 is 0 Å². The minimum atomic E-state index is 0.574. The second-order valence-electron chi connectivity index (χ2n) is 3.98. The predicted octanol–water partition coefficient (Wildman–Crippen LogP) is 2.57. The van der Waals surface area contributed by atoms with Crippen molar-refractivity contribution in [3.05, 3.63) is 23.3 Å². The van der Waals surface area contributed by atoms with Crippen molar-refractivity contribution >= 4 is 5.57 Å². The van der Waals surface area contributed by atoms with Crippen LogP contribution in [0.1, 0.15) is 17.5 Å². The fourth-order valence-electron chi connectivity index (χ4n) is 2.37. The van der Waals surface area contributed by atoms with Gasteiger partial charge >= 0.3 is 0 Å². The molecule has 0 aliphatic heterocycles. The number of allylic oxidation sites excluding steroid dienone is 2. The van der Waals surface area contributed by atoms with Gasteiger partial charge in [0.1, 0.15) is 0 Å². The van der Waals surface area contributed by atoms with Crippen LogP contribution < -0.4 is 14.2 Å². The summed E-state index contributed by atoms with van der Waals surface area (Å²) in [5.74, 6) is 1.88. The van der Waals surface area contributed by atoms with Crippen molar-refractivity contribution < 1.29 is 14.2 Å². The van der Waals surface area contributed by atoms with E-state index in [0.717, 1.165) is 29.5 Å². The summed E-state index contributed by atoms with van der Waals surface area (Å²) in [6.45, 7) is 0. The highest BCUT2D eigenvalue weighted by molar-refractivity contribution is 5.82. The van der Waals surface area contributed by atoms with Gasteiger partial charge < -0.3 is 14.2 Å². The Balaban J connectivity index is 2.71. The van der Waals surface area contributed by atoms with E-state index < -0.39 is 0 Å². The molecule has 0 amide bonds. The van der Waals surface area contributed by atoms with E-state index in [4.69, 9.17) is 19.5 Å². The highest BCUT2D eigenvalue weighted by atomic mass is 16.5. The Labute approximate surface area is 106 Å². The third-order valence-corrected chi connectivity index (χ3v) is 3.14. The molecule has 0 bridgehead atoms. The number of benzene rings is 1. The normalized spacial score (nSPS) is 15.1. The number of nitrogens with zero attached hydrogens (tertiary/aromatic N) is 1.